The van der Waals surface area contributed by atoms with Crippen molar-refractivity contribution >= 4 is 0 Å². The lowest BCUT2D eigenvalue weighted by molar-refractivity contribution is -0.0493. The summed E-state index contributed by atoms with van der Waals surface area (Å²) in [6.07, 6.45) is 4.73. The molecule has 0 bridgehead atoms. The quantitative estimate of drug-likeness (QED) is 0.918. The third-order valence-electron chi connectivity index (χ3n) is 4.02. The molecule has 0 aliphatic heterocycles. The molecule has 1 atom stereocenters. The van der Waals surface area contributed by atoms with Gasteiger partial charge in [-0.1, -0.05) is 26.0 Å². The zero-order valence-corrected chi connectivity index (χ0v) is 13.0. The molecule has 0 radical (unpaired) electrons. The van der Waals surface area contributed by atoms with Crippen molar-refractivity contribution < 1.29 is 9.84 Å². The van der Waals surface area contributed by atoms with Gasteiger partial charge >= 0.3 is 0 Å². The molecule has 0 amide bonds. The molecule has 0 saturated heterocycles. The SMILES string of the molecule is Cc1cccc(OCC(O)(c2cncnc2)C(C)C)c1C. The fourth-order valence-electron chi connectivity index (χ4n) is 2.17. The zero-order chi connectivity index (χ0) is 15.5. The molecule has 21 heavy (non-hydrogen) atoms. The Hall–Kier alpha value is -1.94. The lowest BCUT2D eigenvalue weighted by Gasteiger charge is -2.32. The van der Waals surface area contributed by atoms with Crippen molar-refractivity contribution in [3.8, 4) is 5.75 Å². The Morgan fingerprint density at radius 2 is 1.86 bits per heavy atom. The van der Waals surface area contributed by atoms with Crippen LogP contribution >= 0.6 is 0 Å². The molecule has 0 saturated carbocycles. The Morgan fingerprint density at radius 3 is 2.48 bits per heavy atom. The standard InChI is InChI=1S/C17H22N2O2/c1-12(2)17(20,15-8-18-11-19-9-15)10-21-16-7-5-6-13(3)14(16)4/h5-9,11-12,20H,10H2,1-4H3. The first-order valence-corrected chi connectivity index (χ1v) is 7.12. The normalized spacial score (nSPS) is 14.0. The van der Waals surface area contributed by atoms with E-state index < -0.39 is 5.60 Å². The average Bonchev–Trinajstić information content (AvgIpc) is 2.49. The predicted molar refractivity (Wildman–Crippen MR) is 82.2 cm³/mol. The third kappa shape index (κ3) is 3.22. The van der Waals surface area contributed by atoms with Crippen LogP contribution in [-0.2, 0) is 5.60 Å². The van der Waals surface area contributed by atoms with E-state index in [1.165, 1.54) is 11.9 Å². The number of hydrogen-bond donors (Lipinski definition) is 1. The van der Waals surface area contributed by atoms with Crippen LogP contribution in [0.1, 0.15) is 30.5 Å². The molecule has 4 nitrogen and oxygen atoms in total. The number of ether oxygens (including phenoxy) is 1. The highest BCUT2D eigenvalue weighted by Crippen LogP contribution is 2.30. The van der Waals surface area contributed by atoms with Crippen LogP contribution in [0.2, 0.25) is 0 Å². The molecule has 2 aromatic rings. The van der Waals surface area contributed by atoms with Gasteiger partial charge in [-0.3, -0.25) is 0 Å². The number of hydrogen-bond acceptors (Lipinski definition) is 4. The monoisotopic (exact) mass is 286 g/mol. The fraction of sp³-hybridized carbons (Fsp3) is 0.412. The maximum Gasteiger partial charge on any atom is 0.129 e. The summed E-state index contributed by atoms with van der Waals surface area (Å²) in [6.45, 7) is 8.15. The number of aliphatic hydroxyl groups is 1. The predicted octanol–water partition coefficient (Wildman–Crippen LogP) is 3.02. The van der Waals surface area contributed by atoms with Crippen molar-refractivity contribution in [2.75, 3.05) is 6.61 Å². The van der Waals surface area contributed by atoms with Crippen LogP contribution in [0.3, 0.4) is 0 Å². The van der Waals surface area contributed by atoms with Crippen LogP contribution in [0.4, 0.5) is 0 Å². The summed E-state index contributed by atoms with van der Waals surface area (Å²) in [5.74, 6) is 0.777. The van der Waals surface area contributed by atoms with Gasteiger partial charge in [0.1, 0.15) is 24.3 Å². The zero-order valence-electron chi connectivity index (χ0n) is 13.0. The molecular formula is C17H22N2O2. The van der Waals surface area contributed by atoms with Crippen molar-refractivity contribution in [1.82, 2.24) is 9.97 Å². The molecule has 0 fully saturated rings. The van der Waals surface area contributed by atoms with Crippen molar-refractivity contribution in [1.29, 1.82) is 0 Å². The molecule has 4 heteroatoms. The molecule has 1 aromatic heterocycles. The number of aromatic nitrogens is 2. The highest BCUT2D eigenvalue weighted by Gasteiger charge is 2.35. The van der Waals surface area contributed by atoms with Gasteiger partial charge in [0.25, 0.3) is 0 Å². The van der Waals surface area contributed by atoms with E-state index in [-0.39, 0.29) is 12.5 Å². The first kappa shape index (κ1) is 15.4. The molecule has 2 rings (SSSR count). The Morgan fingerprint density at radius 1 is 1.19 bits per heavy atom. The van der Waals surface area contributed by atoms with Crippen LogP contribution in [0, 0.1) is 19.8 Å². The molecule has 1 unspecified atom stereocenters. The van der Waals surface area contributed by atoms with Gasteiger partial charge in [-0.15, -0.1) is 0 Å². The molecule has 0 aliphatic rings. The number of benzene rings is 1. The lowest BCUT2D eigenvalue weighted by atomic mass is 9.85. The maximum atomic E-state index is 11.0. The van der Waals surface area contributed by atoms with Gasteiger partial charge in [-0.2, -0.15) is 0 Å². The largest absolute Gasteiger partial charge is 0.490 e. The van der Waals surface area contributed by atoms with Gasteiger partial charge in [0.05, 0.1) is 0 Å². The summed E-state index contributed by atoms with van der Waals surface area (Å²) in [4.78, 5) is 7.99. The van der Waals surface area contributed by atoms with Crippen molar-refractivity contribution in [2.45, 2.75) is 33.3 Å². The second-order valence-electron chi connectivity index (χ2n) is 5.69. The molecule has 0 aliphatic carbocycles. The van der Waals surface area contributed by atoms with Gasteiger partial charge in [0, 0.05) is 18.0 Å². The summed E-state index contributed by atoms with van der Waals surface area (Å²) in [6, 6.07) is 5.92. The maximum absolute atomic E-state index is 11.0. The number of rotatable bonds is 5. The van der Waals surface area contributed by atoms with Gasteiger partial charge in [0.15, 0.2) is 0 Å². The summed E-state index contributed by atoms with van der Waals surface area (Å²) >= 11 is 0. The van der Waals surface area contributed by atoms with Gasteiger partial charge in [-0.05, 0) is 37.0 Å². The summed E-state index contributed by atoms with van der Waals surface area (Å²) < 4.78 is 5.89. The number of nitrogens with zero attached hydrogens (tertiary/aromatic N) is 2. The van der Waals surface area contributed by atoms with Crippen LogP contribution in [0.5, 0.6) is 5.75 Å². The first-order chi connectivity index (χ1) is 9.95. The molecular weight excluding hydrogens is 264 g/mol. The van der Waals surface area contributed by atoms with Crippen LogP contribution in [-0.4, -0.2) is 21.7 Å². The van der Waals surface area contributed by atoms with Crippen molar-refractivity contribution in [3.05, 3.63) is 53.6 Å². The minimum absolute atomic E-state index is 0.0198. The second kappa shape index (κ2) is 6.22. The van der Waals surface area contributed by atoms with Gasteiger partial charge < -0.3 is 9.84 Å². The van der Waals surface area contributed by atoms with E-state index in [0.717, 1.165) is 11.3 Å². The Labute approximate surface area is 125 Å². The summed E-state index contributed by atoms with van der Waals surface area (Å²) in [5, 5.41) is 11.0. The topological polar surface area (TPSA) is 55.2 Å². The second-order valence-corrected chi connectivity index (χ2v) is 5.69. The molecule has 0 spiro atoms. The Kier molecular flexibility index (Phi) is 4.58. The molecule has 112 valence electrons. The van der Waals surface area contributed by atoms with Crippen molar-refractivity contribution in [3.63, 3.8) is 0 Å². The van der Waals surface area contributed by atoms with Crippen molar-refractivity contribution in [2.24, 2.45) is 5.92 Å². The Balaban J connectivity index is 2.24. The van der Waals surface area contributed by atoms with E-state index in [1.54, 1.807) is 12.4 Å². The molecule has 1 N–H and O–H groups in total. The van der Waals surface area contributed by atoms with Crippen LogP contribution in [0.15, 0.2) is 36.9 Å². The third-order valence-corrected chi connectivity index (χ3v) is 4.02. The highest BCUT2D eigenvalue weighted by atomic mass is 16.5. The fourth-order valence-corrected chi connectivity index (χ4v) is 2.17. The van der Waals surface area contributed by atoms with E-state index >= 15 is 0 Å². The van der Waals surface area contributed by atoms with E-state index in [2.05, 4.69) is 9.97 Å². The lowest BCUT2D eigenvalue weighted by Crippen LogP contribution is -2.38. The van der Waals surface area contributed by atoms with E-state index in [4.69, 9.17) is 4.74 Å². The minimum atomic E-state index is -1.11. The van der Waals surface area contributed by atoms with Gasteiger partial charge in [-0.25, -0.2) is 9.97 Å². The smallest absolute Gasteiger partial charge is 0.129 e. The Bertz CT molecular complexity index is 599. The van der Waals surface area contributed by atoms with Crippen LogP contribution in [0.25, 0.3) is 0 Å². The summed E-state index contributed by atoms with van der Waals surface area (Å²) in [7, 11) is 0. The highest BCUT2D eigenvalue weighted by molar-refractivity contribution is 5.38. The van der Waals surface area contributed by atoms with E-state index in [1.807, 2.05) is 45.9 Å². The number of aryl methyl sites for hydroxylation is 1. The summed E-state index contributed by atoms with van der Waals surface area (Å²) in [5.41, 5.74) is 1.82. The average molecular weight is 286 g/mol. The minimum Gasteiger partial charge on any atom is -0.490 e. The van der Waals surface area contributed by atoms with Crippen LogP contribution < -0.4 is 4.74 Å². The molecule has 1 heterocycles. The van der Waals surface area contributed by atoms with E-state index in [9.17, 15) is 5.11 Å². The van der Waals surface area contributed by atoms with E-state index in [0.29, 0.717) is 5.56 Å². The van der Waals surface area contributed by atoms with Gasteiger partial charge in [0.2, 0.25) is 0 Å². The molecule has 1 aromatic carbocycles. The first-order valence-electron chi connectivity index (χ1n) is 7.12.